The van der Waals surface area contributed by atoms with Gasteiger partial charge in [-0.2, -0.15) is 0 Å². The van der Waals surface area contributed by atoms with Crippen LogP contribution in [0.5, 0.6) is 0 Å². The Morgan fingerprint density at radius 2 is 1.90 bits per heavy atom. The molecule has 0 spiro atoms. The van der Waals surface area contributed by atoms with Crippen molar-refractivity contribution in [2.24, 2.45) is 0 Å². The van der Waals surface area contributed by atoms with Crippen molar-refractivity contribution in [2.45, 2.75) is 26.4 Å². The summed E-state index contributed by atoms with van der Waals surface area (Å²) in [6, 6.07) is 6.18. The molecule has 0 radical (unpaired) electrons. The molecule has 2 rings (SSSR count). The van der Waals surface area contributed by atoms with Gasteiger partial charge < -0.3 is 14.8 Å². The number of fused-ring (bicyclic) bond motifs is 1. The monoisotopic (exact) mass is 279 g/mol. The summed E-state index contributed by atoms with van der Waals surface area (Å²) in [7, 11) is -2.12. The number of hydrogen-bond donors (Lipinski definition) is 2. The molecule has 0 saturated heterocycles. The van der Waals surface area contributed by atoms with Crippen LogP contribution in [0.25, 0.3) is 10.9 Å². The molecule has 7 heteroatoms. The predicted octanol–water partition coefficient (Wildman–Crippen LogP) is 1.24. The zero-order chi connectivity index (χ0) is 15.1. The van der Waals surface area contributed by atoms with Gasteiger partial charge in [-0.3, -0.25) is 0 Å². The van der Waals surface area contributed by atoms with Gasteiger partial charge >= 0.3 is 13.2 Å². The van der Waals surface area contributed by atoms with Crippen molar-refractivity contribution in [3.63, 3.8) is 0 Å². The van der Waals surface area contributed by atoms with Crippen molar-refractivity contribution in [1.29, 1.82) is 0 Å². The van der Waals surface area contributed by atoms with Gasteiger partial charge in [-0.1, -0.05) is 12.1 Å². The summed E-state index contributed by atoms with van der Waals surface area (Å²) < 4.78 is 20.2. The Balaban J connectivity index is 2.67. The number of halogens is 1. The molecule has 1 aromatic carbocycles. The van der Waals surface area contributed by atoms with Gasteiger partial charge in [0.05, 0.1) is 11.1 Å². The zero-order valence-corrected chi connectivity index (χ0v) is 11.4. The highest BCUT2D eigenvalue weighted by atomic mass is 19.1. The standard InChI is InChI=1S/C13H15BFNO4/c1-13(2,3)20-12(17)16-9-7-5-4-6-8(9)10(15)11(16)14(18)19/h4-7,18-19H,1-3H3. The molecular weight excluding hydrogens is 264 g/mol. The van der Waals surface area contributed by atoms with E-state index in [2.05, 4.69) is 0 Å². The number of para-hydroxylation sites is 1. The summed E-state index contributed by atoms with van der Waals surface area (Å²) in [4.78, 5) is 12.2. The van der Waals surface area contributed by atoms with Crippen LogP contribution < -0.4 is 5.59 Å². The average Bonchev–Trinajstić information content (AvgIpc) is 2.61. The average molecular weight is 279 g/mol. The van der Waals surface area contributed by atoms with Crippen LogP contribution in [-0.4, -0.2) is 33.4 Å². The predicted molar refractivity (Wildman–Crippen MR) is 73.4 cm³/mol. The number of carbonyl (C=O) groups excluding carboxylic acids is 1. The minimum absolute atomic E-state index is 0.126. The van der Waals surface area contributed by atoms with Gasteiger partial charge in [0, 0.05) is 5.39 Å². The fourth-order valence-corrected chi connectivity index (χ4v) is 1.95. The van der Waals surface area contributed by atoms with E-state index in [0.29, 0.717) is 0 Å². The number of rotatable bonds is 1. The van der Waals surface area contributed by atoms with Crippen LogP contribution in [0.3, 0.4) is 0 Å². The molecule has 0 aliphatic rings. The Hall–Kier alpha value is -1.86. The smallest absolute Gasteiger partial charge is 0.443 e. The molecule has 0 bridgehead atoms. The first-order valence-electron chi connectivity index (χ1n) is 6.10. The van der Waals surface area contributed by atoms with Crippen LogP contribution in [0.2, 0.25) is 0 Å². The molecule has 106 valence electrons. The third kappa shape index (κ3) is 2.55. The largest absolute Gasteiger partial charge is 0.509 e. The number of nitrogens with zero attached hydrogens (tertiary/aromatic N) is 1. The van der Waals surface area contributed by atoms with Gasteiger partial charge in [0.2, 0.25) is 0 Å². The van der Waals surface area contributed by atoms with Crippen LogP contribution in [0.4, 0.5) is 9.18 Å². The number of ether oxygens (including phenoxy) is 1. The van der Waals surface area contributed by atoms with E-state index in [-0.39, 0.29) is 10.9 Å². The molecule has 1 heterocycles. The van der Waals surface area contributed by atoms with E-state index < -0.39 is 30.2 Å². The van der Waals surface area contributed by atoms with Gasteiger partial charge in [0.15, 0.2) is 0 Å². The first-order valence-corrected chi connectivity index (χ1v) is 6.10. The van der Waals surface area contributed by atoms with Crippen molar-refractivity contribution >= 4 is 29.7 Å². The van der Waals surface area contributed by atoms with E-state index in [0.717, 1.165) is 4.57 Å². The Morgan fingerprint density at radius 1 is 1.30 bits per heavy atom. The summed E-state index contributed by atoms with van der Waals surface area (Å²) in [5, 5.41) is 18.8. The molecule has 0 saturated carbocycles. The Bertz CT molecular complexity index is 660. The maximum Gasteiger partial charge on any atom is 0.509 e. The summed E-state index contributed by atoms with van der Waals surface area (Å²) in [6.45, 7) is 5.01. The summed E-state index contributed by atoms with van der Waals surface area (Å²) in [6.07, 6.45) is -0.860. The molecular formula is C13H15BFNO4. The van der Waals surface area contributed by atoms with E-state index in [1.807, 2.05) is 0 Å². The molecule has 1 aromatic heterocycles. The molecule has 0 fully saturated rings. The second-order valence-corrected chi connectivity index (χ2v) is 5.41. The van der Waals surface area contributed by atoms with E-state index in [1.54, 1.807) is 32.9 Å². The zero-order valence-electron chi connectivity index (χ0n) is 11.4. The van der Waals surface area contributed by atoms with Gasteiger partial charge in [0.25, 0.3) is 0 Å². The van der Waals surface area contributed by atoms with Crippen LogP contribution >= 0.6 is 0 Å². The Morgan fingerprint density at radius 3 is 2.45 bits per heavy atom. The number of aromatic nitrogens is 1. The number of carbonyl (C=O) groups is 1. The lowest BCUT2D eigenvalue weighted by Crippen LogP contribution is -2.42. The van der Waals surface area contributed by atoms with Crippen LogP contribution in [0, 0.1) is 5.82 Å². The third-order valence-corrected chi connectivity index (χ3v) is 2.67. The molecule has 20 heavy (non-hydrogen) atoms. The minimum atomic E-state index is -2.12. The summed E-state index contributed by atoms with van der Waals surface area (Å²) >= 11 is 0. The quantitative estimate of drug-likeness (QED) is 0.770. The van der Waals surface area contributed by atoms with Gasteiger partial charge in [-0.05, 0) is 32.9 Å². The topological polar surface area (TPSA) is 71.7 Å². The molecule has 0 atom stereocenters. The SMILES string of the molecule is CC(C)(C)OC(=O)n1c(B(O)O)c(F)c2ccccc21. The van der Waals surface area contributed by atoms with E-state index in [4.69, 9.17) is 4.74 Å². The fourth-order valence-electron chi connectivity index (χ4n) is 1.95. The van der Waals surface area contributed by atoms with Gasteiger partial charge in [0.1, 0.15) is 11.4 Å². The lowest BCUT2D eigenvalue weighted by molar-refractivity contribution is 0.0547. The molecule has 0 amide bonds. The van der Waals surface area contributed by atoms with E-state index in [9.17, 15) is 19.2 Å². The lowest BCUT2D eigenvalue weighted by Gasteiger charge is -2.20. The third-order valence-electron chi connectivity index (χ3n) is 2.67. The highest BCUT2D eigenvalue weighted by molar-refractivity contribution is 6.59. The second kappa shape index (κ2) is 4.92. The minimum Gasteiger partial charge on any atom is -0.443 e. The molecule has 0 unspecified atom stereocenters. The van der Waals surface area contributed by atoms with Crippen molar-refractivity contribution in [2.75, 3.05) is 0 Å². The fraction of sp³-hybridized carbons (Fsp3) is 0.308. The van der Waals surface area contributed by atoms with E-state index in [1.165, 1.54) is 12.1 Å². The Kier molecular flexibility index (Phi) is 3.58. The first kappa shape index (κ1) is 14.6. The molecule has 5 nitrogen and oxygen atoms in total. The van der Waals surface area contributed by atoms with Gasteiger partial charge in [-0.15, -0.1) is 0 Å². The highest BCUT2D eigenvalue weighted by Gasteiger charge is 2.31. The first-order chi connectivity index (χ1) is 9.22. The Labute approximate surface area is 115 Å². The van der Waals surface area contributed by atoms with Crippen molar-refractivity contribution in [3.05, 3.63) is 30.1 Å². The molecule has 2 aromatic rings. The highest BCUT2D eigenvalue weighted by Crippen LogP contribution is 2.20. The maximum absolute atomic E-state index is 14.2. The maximum atomic E-state index is 14.2. The number of benzene rings is 1. The van der Waals surface area contributed by atoms with Crippen LogP contribution in [-0.2, 0) is 4.74 Å². The molecule has 0 aliphatic carbocycles. The van der Waals surface area contributed by atoms with Crippen LogP contribution in [0.1, 0.15) is 20.8 Å². The van der Waals surface area contributed by atoms with Crippen molar-refractivity contribution in [1.82, 2.24) is 4.57 Å². The number of hydrogen-bond acceptors (Lipinski definition) is 4. The van der Waals surface area contributed by atoms with E-state index >= 15 is 0 Å². The lowest BCUT2D eigenvalue weighted by atomic mass is 9.85. The summed E-state index contributed by atoms with van der Waals surface area (Å²) in [5.41, 5.74) is -1.08. The summed E-state index contributed by atoms with van der Waals surface area (Å²) in [5.74, 6) is -0.846. The van der Waals surface area contributed by atoms with Crippen molar-refractivity contribution in [3.8, 4) is 0 Å². The van der Waals surface area contributed by atoms with Crippen molar-refractivity contribution < 1.29 is 24.0 Å². The molecule has 2 N–H and O–H groups in total. The second-order valence-electron chi connectivity index (χ2n) is 5.41. The van der Waals surface area contributed by atoms with Crippen LogP contribution in [0.15, 0.2) is 24.3 Å². The molecule has 0 aliphatic heterocycles. The van der Waals surface area contributed by atoms with Gasteiger partial charge in [-0.25, -0.2) is 13.8 Å². The normalized spacial score (nSPS) is 11.7.